The van der Waals surface area contributed by atoms with Gasteiger partial charge in [-0.1, -0.05) is 6.92 Å². The number of benzene rings is 1. The first-order chi connectivity index (χ1) is 9.42. The molecule has 1 aromatic heterocycles. The van der Waals surface area contributed by atoms with Crippen molar-refractivity contribution < 1.29 is 9.90 Å². The first-order valence-corrected chi connectivity index (χ1v) is 6.56. The SMILES string of the molecule is CCc1nn(C)cc1C(=O)Nc1cc(C)c(O)cc1C. The van der Waals surface area contributed by atoms with Crippen LogP contribution < -0.4 is 5.32 Å². The van der Waals surface area contributed by atoms with E-state index in [-0.39, 0.29) is 11.7 Å². The second-order valence-corrected chi connectivity index (χ2v) is 4.92. The molecule has 2 aromatic rings. The smallest absolute Gasteiger partial charge is 0.259 e. The van der Waals surface area contributed by atoms with Crippen LogP contribution in [0.2, 0.25) is 0 Å². The highest BCUT2D eigenvalue weighted by molar-refractivity contribution is 6.05. The van der Waals surface area contributed by atoms with Crippen LogP contribution in [-0.2, 0) is 13.5 Å². The maximum absolute atomic E-state index is 12.3. The molecular formula is C15H19N3O2. The fourth-order valence-electron chi connectivity index (χ4n) is 2.11. The largest absolute Gasteiger partial charge is 0.508 e. The zero-order valence-corrected chi connectivity index (χ0v) is 12.2. The van der Waals surface area contributed by atoms with Gasteiger partial charge in [0.2, 0.25) is 0 Å². The first kappa shape index (κ1) is 14.1. The number of amides is 1. The summed E-state index contributed by atoms with van der Waals surface area (Å²) in [5.41, 5.74) is 3.62. The summed E-state index contributed by atoms with van der Waals surface area (Å²) in [6.07, 6.45) is 2.42. The highest BCUT2D eigenvalue weighted by Gasteiger charge is 2.15. The first-order valence-electron chi connectivity index (χ1n) is 6.56. The van der Waals surface area contributed by atoms with Gasteiger partial charge in [-0.25, -0.2) is 0 Å². The standard InChI is InChI=1S/C15H19N3O2/c1-5-12-11(8-18(4)17-12)15(20)16-13-6-10(3)14(19)7-9(13)2/h6-8,19H,5H2,1-4H3,(H,16,20). The van der Waals surface area contributed by atoms with Crippen molar-refractivity contribution in [1.82, 2.24) is 9.78 Å². The summed E-state index contributed by atoms with van der Waals surface area (Å²) in [7, 11) is 1.80. The van der Waals surface area contributed by atoms with E-state index in [1.54, 1.807) is 37.0 Å². The molecule has 5 heteroatoms. The Bertz CT molecular complexity index is 659. The van der Waals surface area contributed by atoms with Gasteiger partial charge in [-0.3, -0.25) is 9.48 Å². The van der Waals surface area contributed by atoms with Crippen LogP contribution in [0.25, 0.3) is 0 Å². The molecule has 0 spiro atoms. The van der Waals surface area contributed by atoms with Crippen LogP contribution in [0.3, 0.4) is 0 Å². The van der Waals surface area contributed by atoms with Crippen LogP contribution in [-0.4, -0.2) is 20.8 Å². The number of hydrogen-bond donors (Lipinski definition) is 2. The summed E-state index contributed by atoms with van der Waals surface area (Å²) >= 11 is 0. The van der Waals surface area contributed by atoms with Gasteiger partial charge in [0, 0.05) is 18.9 Å². The van der Waals surface area contributed by atoms with Crippen LogP contribution in [0.5, 0.6) is 5.75 Å². The molecule has 1 amide bonds. The van der Waals surface area contributed by atoms with Crippen LogP contribution in [0.15, 0.2) is 18.3 Å². The molecule has 0 aliphatic carbocycles. The summed E-state index contributed by atoms with van der Waals surface area (Å²) in [6, 6.07) is 3.42. The van der Waals surface area contributed by atoms with Crippen LogP contribution in [0.4, 0.5) is 5.69 Å². The molecule has 0 radical (unpaired) electrons. The Morgan fingerprint density at radius 1 is 1.35 bits per heavy atom. The second-order valence-electron chi connectivity index (χ2n) is 4.92. The quantitative estimate of drug-likeness (QED) is 0.845. The van der Waals surface area contributed by atoms with Crippen molar-refractivity contribution in [2.24, 2.45) is 7.05 Å². The van der Waals surface area contributed by atoms with Crippen LogP contribution in [0, 0.1) is 13.8 Å². The lowest BCUT2D eigenvalue weighted by Crippen LogP contribution is -2.14. The monoisotopic (exact) mass is 273 g/mol. The van der Waals surface area contributed by atoms with E-state index in [1.165, 1.54) is 0 Å². The highest BCUT2D eigenvalue weighted by atomic mass is 16.3. The molecule has 106 valence electrons. The van der Waals surface area contributed by atoms with E-state index in [1.807, 2.05) is 13.8 Å². The maximum Gasteiger partial charge on any atom is 0.259 e. The Labute approximate surface area is 118 Å². The Kier molecular flexibility index (Phi) is 3.79. The van der Waals surface area contributed by atoms with Gasteiger partial charge >= 0.3 is 0 Å². The number of phenolic OH excluding ortho intramolecular Hbond substituents is 1. The predicted octanol–water partition coefficient (Wildman–Crippen LogP) is 2.56. The molecule has 2 N–H and O–H groups in total. The lowest BCUT2D eigenvalue weighted by Gasteiger charge is -2.10. The molecule has 0 fully saturated rings. The number of aryl methyl sites for hydroxylation is 4. The molecule has 0 aliphatic heterocycles. The van der Waals surface area contributed by atoms with Crippen molar-refractivity contribution in [3.05, 3.63) is 40.7 Å². The summed E-state index contributed by atoms with van der Waals surface area (Å²) in [6.45, 7) is 5.61. The number of aromatic nitrogens is 2. The molecule has 1 heterocycles. The van der Waals surface area contributed by atoms with E-state index in [0.717, 1.165) is 16.8 Å². The van der Waals surface area contributed by atoms with E-state index in [9.17, 15) is 9.90 Å². The molecule has 0 bridgehead atoms. The van der Waals surface area contributed by atoms with Crippen molar-refractivity contribution in [2.75, 3.05) is 5.32 Å². The Morgan fingerprint density at radius 2 is 2.05 bits per heavy atom. The van der Waals surface area contributed by atoms with Gasteiger partial charge in [0.25, 0.3) is 5.91 Å². The molecule has 0 saturated carbocycles. The Hall–Kier alpha value is -2.30. The fourth-order valence-corrected chi connectivity index (χ4v) is 2.11. The minimum Gasteiger partial charge on any atom is -0.508 e. The number of aromatic hydroxyl groups is 1. The molecule has 0 aliphatic rings. The number of anilines is 1. The minimum absolute atomic E-state index is 0.178. The summed E-state index contributed by atoms with van der Waals surface area (Å²) < 4.78 is 1.64. The van der Waals surface area contributed by atoms with Crippen molar-refractivity contribution in [3.63, 3.8) is 0 Å². The molecule has 0 unspecified atom stereocenters. The van der Waals surface area contributed by atoms with Gasteiger partial charge < -0.3 is 10.4 Å². The number of phenols is 1. The van der Waals surface area contributed by atoms with E-state index in [0.29, 0.717) is 17.7 Å². The van der Waals surface area contributed by atoms with E-state index < -0.39 is 0 Å². The highest BCUT2D eigenvalue weighted by Crippen LogP contribution is 2.25. The van der Waals surface area contributed by atoms with E-state index in [4.69, 9.17) is 0 Å². The third-order valence-electron chi connectivity index (χ3n) is 3.28. The molecule has 0 saturated heterocycles. The van der Waals surface area contributed by atoms with Crippen molar-refractivity contribution in [2.45, 2.75) is 27.2 Å². The van der Waals surface area contributed by atoms with Gasteiger partial charge in [0.05, 0.1) is 11.3 Å². The number of carbonyl (C=O) groups excluding carboxylic acids is 1. The summed E-state index contributed by atoms with van der Waals surface area (Å²) in [5.74, 6) is 0.0549. The average Bonchev–Trinajstić information content (AvgIpc) is 2.77. The second kappa shape index (κ2) is 5.36. The third kappa shape index (κ3) is 2.66. The molecule has 5 nitrogen and oxygen atoms in total. The average molecular weight is 273 g/mol. The summed E-state index contributed by atoms with van der Waals surface area (Å²) in [4.78, 5) is 12.3. The van der Waals surface area contributed by atoms with Crippen molar-refractivity contribution >= 4 is 11.6 Å². The Balaban J connectivity index is 2.30. The lowest BCUT2D eigenvalue weighted by molar-refractivity contribution is 0.102. The van der Waals surface area contributed by atoms with E-state index >= 15 is 0 Å². The topological polar surface area (TPSA) is 67.2 Å². The van der Waals surface area contributed by atoms with Gasteiger partial charge in [0.1, 0.15) is 5.75 Å². The zero-order chi connectivity index (χ0) is 14.9. The molecule has 2 rings (SSSR count). The molecule has 0 atom stereocenters. The van der Waals surface area contributed by atoms with Gasteiger partial charge in [-0.05, 0) is 43.5 Å². The molecule has 20 heavy (non-hydrogen) atoms. The Morgan fingerprint density at radius 3 is 2.70 bits per heavy atom. The van der Waals surface area contributed by atoms with Gasteiger partial charge in [-0.15, -0.1) is 0 Å². The fraction of sp³-hybridized carbons (Fsp3) is 0.333. The lowest BCUT2D eigenvalue weighted by atomic mass is 10.1. The third-order valence-corrected chi connectivity index (χ3v) is 3.28. The zero-order valence-electron chi connectivity index (χ0n) is 12.2. The summed E-state index contributed by atoms with van der Waals surface area (Å²) in [5, 5.41) is 16.8. The number of nitrogens with one attached hydrogen (secondary N) is 1. The predicted molar refractivity (Wildman–Crippen MR) is 78.1 cm³/mol. The van der Waals surface area contributed by atoms with E-state index in [2.05, 4.69) is 10.4 Å². The maximum atomic E-state index is 12.3. The van der Waals surface area contributed by atoms with Crippen LogP contribution >= 0.6 is 0 Å². The number of nitrogens with zero attached hydrogens (tertiary/aromatic N) is 2. The van der Waals surface area contributed by atoms with Crippen molar-refractivity contribution in [3.8, 4) is 5.75 Å². The van der Waals surface area contributed by atoms with Gasteiger partial charge in [0.15, 0.2) is 0 Å². The normalized spacial score (nSPS) is 10.6. The van der Waals surface area contributed by atoms with Gasteiger partial charge in [-0.2, -0.15) is 5.10 Å². The number of hydrogen-bond acceptors (Lipinski definition) is 3. The number of carbonyl (C=O) groups is 1. The molecule has 1 aromatic carbocycles. The number of rotatable bonds is 3. The molecular weight excluding hydrogens is 254 g/mol. The minimum atomic E-state index is -0.178. The van der Waals surface area contributed by atoms with Crippen molar-refractivity contribution in [1.29, 1.82) is 0 Å². The van der Waals surface area contributed by atoms with Crippen LogP contribution in [0.1, 0.15) is 34.1 Å².